The minimum Gasteiger partial charge on any atom is -0.320 e. The molecule has 1 N–H and O–H groups in total. The van der Waals surface area contributed by atoms with Crippen LogP contribution < -0.4 is 9.88 Å². The minimum absolute atomic E-state index is 0.969. The van der Waals surface area contributed by atoms with Crippen LogP contribution in [0.1, 0.15) is 29.3 Å². The van der Waals surface area contributed by atoms with E-state index in [1.54, 1.807) is 0 Å². The van der Waals surface area contributed by atoms with E-state index in [1.807, 2.05) is 7.05 Å². The van der Waals surface area contributed by atoms with E-state index >= 15 is 0 Å². The topological polar surface area (TPSA) is 20.8 Å². The van der Waals surface area contributed by atoms with Crippen molar-refractivity contribution in [1.82, 2.24) is 9.88 Å². The van der Waals surface area contributed by atoms with E-state index < -0.39 is 0 Å². The molecule has 0 aliphatic carbocycles. The van der Waals surface area contributed by atoms with Gasteiger partial charge in [0.25, 0.3) is 0 Å². The van der Waals surface area contributed by atoms with E-state index in [0.29, 0.717) is 0 Å². The van der Waals surface area contributed by atoms with Gasteiger partial charge in [-0.1, -0.05) is 11.6 Å². The lowest BCUT2D eigenvalue weighted by molar-refractivity contribution is -0.671. The molecule has 1 aromatic carbocycles. The van der Waals surface area contributed by atoms with Crippen LogP contribution in [0.5, 0.6) is 0 Å². The Morgan fingerprint density at radius 2 is 2.00 bits per heavy atom. The summed E-state index contributed by atoms with van der Waals surface area (Å²) in [5.41, 5.74) is 8.11. The molecule has 0 amide bonds. The molecule has 0 fully saturated rings. The van der Waals surface area contributed by atoms with Gasteiger partial charge in [-0.3, -0.25) is 0 Å². The lowest BCUT2D eigenvalue weighted by Gasteiger charge is -2.15. The summed E-state index contributed by atoms with van der Waals surface area (Å²) >= 11 is 0. The fourth-order valence-electron chi connectivity index (χ4n) is 3.62. The maximum atomic E-state index is 3.52. The van der Waals surface area contributed by atoms with E-state index in [0.717, 1.165) is 19.5 Å². The normalized spacial score (nSPS) is 14.9. The van der Waals surface area contributed by atoms with Crippen LogP contribution in [-0.2, 0) is 20.0 Å². The van der Waals surface area contributed by atoms with Crippen molar-refractivity contribution in [3.8, 4) is 0 Å². The molecule has 3 heterocycles. The highest BCUT2D eigenvalue weighted by Gasteiger charge is 2.19. The lowest BCUT2D eigenvalue weighted by atomic mass is 10.0. The predicted octanol–water partition coefficient (Wildman–Crippen LogP) is 3.44. The molecule has 0 saturated carbocycles. The number of pyridine rings is 1. The minimum atomic E-state index is 0.969. The molecular weight excluding hydrogens is 294 g/mol. The number of fused-ring (bicyclic) bond motifs is 3. The smallest absolute Gasteiger partial charge is 0.169 e. The first kappa shape index (κ1) is 15.2. The second-order valence-electron chi connectivity index (χ2n) is 6.81. The molecule has 3 nitrogen and oxygen atoms in total. The maximum Gasteiger partial charge on any atom is 0.169 e. The van der Waals surface area contributed by atoms with Crippen molar-refractivity contribution >= 4 is 22.7 Å². The molecule has 2 aromatic heterocycles. The van der Waals surface area contributed by atoms with Crippen molar-refractivity contribution in [2.24, 2.45) is 7.05 Å². The maximum absolute atomic E-state index is 3.52. The molecule has 0 spiro atoms. The number of hydrogen-bond acceptors (Lipinski definition) is 1. The van der Waals surface area contributed by atoms with Crippen LogP contribution in [0.4, 0.5) is 0 Å². The molecule has 24 heavy (non-hydrogen) atoms. The van der Waals surface area contributed by atoms with Crippen molar-refractivity contribution < 1.29 is 4.57 Å². The highest BCUT2D eigenvalue weighted by atomic mass is 15.0. The van der Waals surface area contributed by atoms with E-state index in [-0.39, 0.29) is 0 Å². The van der Waals surface area contributed by atoms with Gasteiger partial charge in [0.1, 0.15) is 7.05 Å². The highest BCUT2D eigenvalue weighted by Crippen LogP contribution is 2.31. The van der Waals surface area contributed by atoms with Gasteiger partial charge in [0, 0.05) is 48.9 Å². The Morgan fingerprint density at radius 1 is 1.21 bits per heavy atom. The number of rotatable bonds is 2. The number of nitrogens with zero attached hydrogens (tertiary/aromatic N) is 2. The summed E-state index contributed by atoms with van der Waals surface area (Å²) in [6.45, 7) is 6.39. The van der Waals surface area contributed by atoms with Crippen molar-refractivity contribution in [2.75, 3.05) is 6.54 Å². The molecule has 122 valence electrons. The van der Waals surface area contributed by atoms with Gasteiger partial charge >= 0.3 is 0 Å². The van der Waals surface area contributed by atoms with E-state index in [4.69, 9.17) is 0 Å². The average Bonchev–Trinajstić information content (AvgIpc) is 2.89. The van der Waals surface area contributed by atoms with Gasteiger partial charge in [-0.05, 0) is 42.7 Å². The first-order valence-electron chi connectivity index (χ1n) is 8.60. The van der Waals surface area contributed by atoms with E-state index in [9.17, 15) is 0 Å². The van der Waals surface area contributed by atoms with Gasteiger partial charge in [-0.2, -0.15) is 0 Å². The molecule has 1 aliphatic heterocycles. The van der Waals surface area contributed by atoms with Crippen molar-refractivity contribution in [3.05, 3.63) is 65.1 Å². The van der Waals surface area contributed by atoms with Gasteiger partial charge < -0.3 is 9.88 Å². The fraction of sp³-hybridized carbons (Fsp3) is 0.286. The third kappa shape index (κ3) is 2.55. The van der Waals surface area contributed by atoms with Gasteiger partial charge in [-0.25, -0.2) is 4.57 Å². The Labute approximate surface area is 143 Å². The second-order valence-corrected chi connectivity index (χ2v) is 6.81. The zero-order chi connectivity index (χ0) is 16.7. The average molecular weight is 318 g/mol. The Morgan fingerprint density at radius 3 is 2.79 bits per heavy atom. The summed E-state index contributed by atoms with van der Waals surface area (Å²) in [6, 6.07) is 11.1. The molecule has 0 saturated heterocycles. The Bertz CT molecular complexity index is 930. The molecule has 0 unspecified atom stereocenters. The van der Waals surface area contributed by atoms with Gasteiger partial charge in [0.05, 0.1) is 5.52 Å². The van der Waals surface area contributed by atoms with Crippen LogP contribution in [-0.4, -0.2) is 11.1 Å². The van der Waals surface area contributed by atoms with Crippen LogP contribution in [0, 0.1) is 6.92 Å². The van der Waals surface area contributed by atoms with Crippen molar-refractivity contribution in [3.63, 3.8) is 0 Å². The first-order chi connectivity index (χ1) is 11.6. The van der Waals surface area contributed by atoms with Crippen LogP contribution in [0.15, 0.2) is 42.7 Å². The van der Waals surface area contributed by atoms with Gasteiger partial charge in [-0.15, -0.1) is 0 Å². The molecular formula is C21H24N3+. The molecule has 0 bridgehead atoms. The largest absolute Gasteiger partial charge is 0.320 e. The first-order valence-corrected chi connectivity index (χ1v) is 8.60. The summed E-state index contributed by atoms with van der Waals surface area (Å²) in [6.07, 6.45) is 7.58. The second kappa shape index (κ2) is 5.91. The zero-order valence-electron chi connectivity index (χ0n) is 14.6. The number of aromatic nitrogens is 2. The summed E-state index contributed by atoms with van der Waals surface area (Å²) in [5.74, 6) is 0. The third-order valence-electron chi connectivity index (χ3n) is 4.97. The van der Waals surface area contributed by atoms with Crippen molar-refractivity contribution in [1.29, 1.82) is 0 Å². The monoisotopic (exact) mass is 318 g/mol. The summed E-state index contributed by atoms with van der Waals surface area (Å²) in [5, 5.41) is 4.91. The molecule has 0 atom stereocenters. The van der Waals surface area contributed by atoms with Gasteiger partial charge in [0.2, 0.25) is 0 Å². The van der Waals surface area contributed by atoms with Crippen LogP contribution >= 0.6 is 0 Å². The van der Waals surface area contributed by atoms with E-state index in [1.165, 1.54) is 38.9 Å². The molecule has 4 rings (SSSR count). The standard InChI is InChI=1S/C21H24N3/c1-15-4-5-20-18(12-15)19-13-22-9-6-21(19)24(20)14-16(2)17-7-10-23(3)11-8-17/h4-5,7-8,10-12,14,22H,6,9,13H2,1-3H3/q+1. The summed E-state index contributed by atoms with van der Waals surface area (Å²) in [7, 11) is 2.05. The predicted molar refractivity (Wildman–Crippen MR) is 99.5 cm³/mol. The third-order valence-corrected chi connectivity index (χ3v) is 4.97. The number of aryl methyl sites for hydroxylation is 2. The molecule has 3 heteroatoms. The van der Waals surface area contributed by atoms with Crippen LogP contribution in [0.25, 0.3) is 22.7 Å². The van der Waals surface area contributed by atoms with E-state index in [2.05, 4.69) is 77.2 Å². The van der Waals surface area contributed by atoms with Crippen molar-refractivity contribution in [2.45, 2.75) is 26.8 Å². The number of benzene rings is 1. The highest BCUT2D eigenvalue weighted by molar-refractivity contribution is 5.90. The zero-order valence-corrected chi connectivity index (χ0v) is 14.6. The number of hydrogen-bond donors (Lipinski definition) is 1. The Hall–Kier alpha value is -2.39. The summed E-state index contributed by atoms with van der Waals surface area (Å²) < 4.78 is 4.48. The fourth-order valence-corrected chi connectivity index (χ4v) is 3.62. The van der Waals surface area contributed by atoms with Gasteiger partial charge in [0.15, 0.2) is 12.4 Å². The Balaban J connectivity index is 1.90. The molecule has 0 radical (unpaired) electrons. The SMILES string of the molecule is C/C(=C\n1c2c(c3cc(C)ccc31)CNCC2)c1cc[n+](C)cc1. The van der Waals surface area contributed by atoms with Crippen LogP contribution in [0.2, 0.25) is 0 Å². The summed E-state index contributed by atoms with van der Waals surface area (Å²) in [4.78, 5) is 0. The lowest BCUT2D eigenvalue weighted by Crippen LogP contribution is -2.25. The Kier molecular flexibility index (Phi) is 3.73. The van der Waals surface area contributed by atoms with Crippen LogP contribution in [0.3, 0.4) is 0 Å². The molecule has 3 aromatic rings. The quantitative estimate of drug-likeness (QED) is 0.718. The number of nitrogens with one attached hydrogen (secondary N) is 1. The number of allylic oxidation sites excluding steroid dienone is 1. The molecule has 1 aliphatic rings.